The molecule has 1 aliphatic rings. The predicted octanol–water partition coefficient (Wildman–Crippen LogP) is 13.6. The van der Waals surface area contributed by atoms with Crippen LogP contribution in [0.3, 0.4) is 0 Å². The summed E-state index contributed by atoms with van der Waals surface area (Å²) in [5.41, 5.74) is 15.1. The minimum atomic E-state index is -0.525. The Hall–Kier alpha value is -5.96. The lowest BCUT2D eigenvalue weighted by Crippen LogP contribution is -2.29. The van der Waals surface area contributed by atoms with Crippen molar-refractivity contribution in [1.82, 2.24) is 0 Å². The van der Waals surface area contributed by atoms with Crippen LogP contribution in [0, 0.1) is 0 Å². The van der Waals surface area contributed by atoms with Crippen molar-refractivity contribution in [2.24, 2.45) is 0 Å². The molecule has 0 aromatic heterocycles. The lowest BCUT2D eigenvalue weighted by molar-refractivity contribution is 0.764. The fourth-order valence-electron chi connectivity index (χ4n) is 7.93. The molecule has 9 rings (SSSR count). The van der Waals surface area contributed by atoms with Gasteiger partial charge in [0.1, 0.15) is 0 Å². The first-order valence-electron chi connectivity index (χ1n) is 17.4. The lowest BCUT2D eigenvalue weighted by atomic mass is 9.67. The van der Waals surface area contributed by atoms with Gasteiger partial charge in [0, 0.05) is 21.5 Å². The van der Waals surface area contributed by atoms with Crippen molar-refractivity contribution in [3.05, 3.63) is 233 Å². The number of hydrogen-bond donors (Lipinski definition) is 0. The van der Waals surface area contributed by atoms with Crippen molar-refractivity contribution in [2.45, 2.75) is 5.41 Å². The second-order valence-corrected chi connectivity index (χ2v) is 13.9. The standard InChI is InChI=1S/C49H34BrN/c50-48-23-13-12-22-46(48)49(39-18-8-3-9-19-39)45-21-11-10-20-43(45)44-33-32-42(34-47(44)49)51(40-28-24-37(25-29-40)35-14-4-1-5-15-35)41-30-26-38(27-31-41)36-16-6-2-7-17-36/h1-34H/t49-/m0/s1. The smallest absolute Gasteiger partial charge is 0.0725 e. The van der Waals surface area contributed by atoms with Crippen molar-refractivity contribution >= 4 is 33.0 Å². The summed E-state index contributed by atoms with van der Waals surface area (Å²) in [6, 6.07) is 74.7. The van der Waals surface area contributed by atoms with Gasteiger partial charge in [-0.3, -0.25) is 0 Å². The lowest BCUT2D eigenvalue weighted by Gasteiger charge is -2.35. The van der Waals surface area contributed by atoms with E-state index in [1.54, 1.807) is 0 Å². The summed E-state index contributed by atoms with van der Waals surface area (Å²) in [5, 5.41) is 0. The molecule has 51 heavy (non-hydrogen) atoms. The third-order valence-electron chi connectivity index (χ3n) is 10.2. The molecule has 0 fully saturated rings. The average Bonchev–Trinajstić information content (AvgIpc) is 3.50. The maximum absolute atomic E-state index is 4.00. The van der Waals surface area contributed by atoms with Gasteiger partial charge in [-0.05, 0) is 98.1 Å². The average molecular weight is 717 g/mol. The molecule has 242 valence electrons. The SMILES string of the molecule is Brc1ccccc1[C@]1(c2ccccc2)c2ccccc2-c2ccc(N(c3ccc(-c4ccccc4)cc3)c3ccc(-c4ccccc4)cc3)cc21. The van der Waals surface area contributed by atoms with Crippen LogP contribution < -0.4 is 4.90 Å². The largest absolute Gasteiger partial charge is 0.310 e. The van der Waals surface area contributed by atoms with E-state index >= 15 is 0 Å². The number of hydrogen-bond acceptors (Lipinski definition) is 1. The monoisotopic (exact) mass is 715 g/mol. The molecular formula is C49H34BrN. The highest BCUT2D eigenvalue weighted by Gasteiger charge is 2.47. The Labute approximate surface area is 308 Å². The van der Waals surface area contributed by atoms with Gasteiger partial charge in [0.05, 0.1) is 5.41 Å². The van der Waals surface area contributed by atoms with Crippen LogP contribution in [0.4, 0.5) is 17.1 Å². The quantitative estimate of drug-likeness (QED) is 0.159. The molecule has 0 heterocycles. The van der Waals surface area contributed by atoms with E-state index in [9.17, 15) is 0 Å². The third-order valence-corrected chi connectivity index (χ3v) is 10.9. The van der Waals surface area contributed by atoms with Crippen LogP contribution in [0.2, 0.25) is 0 Å². The van der Waals surface area contributed by atoms with Crippen LogP contribution in [0.15, 0.2) is 211 Å². The third kappa shape index (κ3) is 5.31. The van der Waals surface area contributed by atoms with Gasteiger partial charge in [-0.15, -0.1) is 0 Å². The predicted molar refractivity (Wildman–Crippen MR) is 217 cm³/mol. The van der Waals surface area contributed by atoms with Gasteiger partial charge in [-0.1, -0.05) is 180 Å². The first-order chi connectivity index (χ1) is 25.2. The van der Waals surface area contributed by atoms with E-state index in [1.165, 1.54) is 55.6 Å². The second kappa shape index (κ2) is 13.1. The summed E-state index contributed by atoms with van der Waals surface area (Å²) < 4.78 is 1.09. The van der Waals surface area contributed by atoms with Gasteiger partial charge in [0.2, 0.25) is 0 Å². The molecule has 0 bridgehead atoms. The molecular weight excluding hydrogens is 682 g/mol. The summed E-state index contributed by atoms with van der Waals surface area (Å²) in [4.78, 5) is 2.39. The number of anilines is 3. The molecule has 0 N–H and O–H groups in total. The summed E-state index contributed by atoms with van der Waals surface area (Å²) in [6.07, 6.45) is 0. The summed E-state index contributed by atoms with van der Waals surface area (Å²) in [6.45, 7) is 0. The fraction of sp³-hybridized carbons (Fsp3) is 0.0204. The molecule has 1 nitrogen and oxygen atoms in total. The molecule has 1 aliphatic carbocycles. The number of rotatable bonds is 7. The Bertz CT molecular complexity index is 2370. The summed E-state index contributed by atoms with van der Waals surface area (Å²) in [5.74, 6) is 0. The second-order valence-electron chi connectivity index (χ2n) is 13.0. The molecule has 0 aliphatic heterocycles. The van der Waals surface area contributed by atoms with Crippen molar-refractivity contribution in [2.75, 3.05) is 4.90 Å². The Balaban J connectivity index is 1.27. The minimum absolute atomic E-state index is 0.525. The highest BCUT2D eigenvalue weighted by molar-refractivity contribution is 9.10. The van der Waals surface area contributed by atoms with E-state index in [1.807, 2.05) is 0 Å². The highest BCUT2D eigenvalue weighted by Crippen LogP contribution is 2.58. The van der Waals surface area contributed by atoms with Crippen LogP contribution >= 0.6 is 15.9 Å². The number of fused-ring (bicyclic) bond motifs is 3. The molecule has 1 atom stereocenters. The zero-order chi connectivity index (χ0) is 34.2. The van der Waals surface area contributed by atoms with Gasteiger partial charge in [-0.25, -0.2) is 0 Å². The molecule has 0 spiro atoms. The number of halogens is 1. The Morgan fingerprint density at radius 1 is 0.333 bits per heavy atom. The van der Waals surface area contributed by atoms with Gasteiger partial charge < -0.3 is 4.90 Å². The maximum Gasteiger partial charge on any atom is 0.0725 e. The van der Waals surface area contributed by atoms with Crippen molar-refractivity contribution in [3.63, 3.8) is 0 Å². The van der Waals surface area contributed by atoms with Gasteiger partial charge in [-0.2, -0.15) is 0 Å². The van der Waals surface area contributed by atoms with Crippen molar-refractivity contribution in [3.8, 4) is 33.4 Å². The van der Waals surface area contributed by atoms with Gasteiger partial charge in [0.25, 0.3) is 0 Å². The Morgan fingerprint density at radius 3 is 1.33 bits per heavy atom. The molecule has 0 saturated heterocycles. The molecule has 8 aromatic carbocycles. The van der Waals surface area contributed by atoms with E-state index < -0.39 is 5.41 Å². The fourth-order valence-corrected chi connectivity index (χ4v) is 8.51. The topological polar surface area (TPSA) is 3.24 Å². The first kappa shape index (κ1) is 31.1. The highest BCUT2D eigenvalue weighted by atomic mass is 79.9. The van der Waals surface area contributed by atoms with Crippen LogP contribution in [0.5, 0.6) is 0 Å². The zero-order valence-corrected chi connectivity index (χ0v) is 29.5. The molecule has 0 saturated carbocycles. The van der Waals surface area contributed by atoms with E-state index in [-0.39, 0.29) is 0 Å². The maximum atomic E-state index is 4.00. The summed E-state index contributed by atoms with van der Waals surface area (Å²) in [7, 11) is 0. The Kier molecular flexibility index (Phi) is 7.95. The molecule has 0 unspecified atom stereocenters. The molecule has 2 heteroatoms. The van der Waals surface area contributed by atoms with E-state index in [0.29, 0.717) is 0 Å². The van der Waals surface area contributed by atoms with Crippen LogP contribution in [0.25, 0.3) is 33.4 Å². The minimum Gasteiger partial charge on any atom is -0.310 e. The number of benzene rings is 8. The van der Waals surface area contributed by atoms with E-state index in [4.69, 9.17) is 0 Å². The molecule has 0 amide bonds. The van der Waals surface area contributed by atoms with Crippen molar-refractivity contribution < 1.29 is 0 Å². The molecule has 0 radical (unpaired) electrons. The van der Waals surface area contributed by atoms with E-state index in [0.717, 1.165) is 21.5 Å². The van der Waals surface area contributed by atoms with Crippen molar-refractivity contribution in [1.29, 1.82) is 0 Å². The van der Waals surface area contributed by atoms with E-state index in [2.05, 4.69) is 227 Å². The summed E-state index contributed by atoms with van der Waals surface area (Å²) >= 11 is 4.00. The Morgan fingerprint density at radius 2 is 0.765 bits per heavy atom. The zero-order valence-electron chi connectivity index (χ0n) is 28.0. The normalized spacial score (nSPS) is 14.5. The van der Waals surface area contributed by atoms with Crippen LogP contribution in [-0.4, -0.2) is 0 Å². The number of nitrogens with zero attached hydrogens (tertiary/aromatic N) is 1. The van der Waals surface area contributed by atoms with Crippen LogP contribution in [-0.2, 0) is 5.41 Å². The van der Waals surface area contributed by atoms with Crippen LogP contribution in [0.1, 0.15) is 22.3 Å². The van der Waals surface area contributed by atoms with Gasteiger partial charge >= 0.3 is 0 Å². The molecule has 8 aromatic rings. The first-order valence-corrected chi connectivity index (χ1v) is 18.2. The van der Waals surface area contributed by atoms with Gasteiger partial charge in [0.15, 0.2) is 0 Å².